The van der Waals surface area contributed by atoms with Gasteiger partial charge in [0.15, 0.2) is 5.11 Å². The molecule has 0 aliphatic carbocycles. The quantitative estimate of drug-likeness (QED) is 0.753. The fourth-order valence-corrected chi connectivity index (χ4v) is 2.17. The van der Waals surface area contributed by atoms with E-state index in [4.69, 9.17) is 17.3 Å². The van der Waals surface area contributed by atoms with Crippen LogP contribution in [0.3, 0.4) is 0 Å². The number of anilines is 1. The van der Waals surface area contributed by atoms with E-state index < -0.39 is 17.7 Å². The van der Waals surface area contributed by atoms with Crippen LogP contribution in [0, 0.1) is 12.7 Å². The molecule has 0 fully saturated rings. The maximum Gasteiger partial charge on any atom is 0.336 e. The average Bonchev–Trinajstić information content (AvgIpc) is 2.49. The summed E-state index contributed by atoms with van der Waals surface area (Å²) in [7, 11) is 0. The Hall–Kier alpha value is -2.80. The molecule has 2 rings (SSSR count). The molecular weight excluding hydrogens is 319 g/mol. The Morgan fingerprint density at radius 3 is 2.39 bits per heavy atom. The number of rotatable bonds is 3. The van der Waals surface area contributed by atoms with Gasteiger partial charge in [-0.2, -0.15) is 0 Å². The first kappa shape index (κ1) is 16.6. The van der Waals surface area contributed by atoms with Gasteiger partial charge in [-0.15, -0.1) is 0 Å². The molecule has 0 saturated carbocycles. The van der Waals surface area contributed by atoms with Crippen LogP contribution in [0.2, 0.25) is 0 Å². The molecule has 5 nitrogen and oxygen atoms in total. The first-order chi connectivity index (χ1) is 10.9. The number of amides is 1. The molecule has 23 heavy (non-hydrogen) atoms. The number of thiocarbonyl (C=S) groups is 1. The van der Waals surface area contributed by atoms with Crippen molar-refractivity contribution in [2.24, 2.45) is 0 Å². The van der Waals surface area contributed by atoms with Gasteiger partial charge in [0.1, 0.15) is 5.82 Å². The van der Waals surface area contributed by atoms with Gasteiger partial charge in [0.2, 0.25) is 0 Å². The summed E-state index contributed by atoms with van der Waals surface area (Å²) in [6.07, 6.45) is 0. The van der Waals surface area contributed by atoms with Gasteiger partial charge in [-0.05, 0) is 49.0 Å². The van der Waals surface area contributed by atoms with Crippen LogP contribution in [0.5, 0.6) is 0 Å². The van der Waals surface area contributed by atoms with Gasteiger partial charge in [0, 0.05) is 5.69 Å². The molecule has 0 saturated heterocycles. The molecule has 2 aromatic rings. The minimum atomic E-state index is -1.06. The zero-order valence-corrected chi connectivity index (χ0v) is 12.9. The summed E-state index contributed by atoms with van der Waals surface area (Å²) in [4.78, 5) is 23.0. The topological polar surface area (TPSA) is 78.4 Å². The van der Waals surface area contributed by atoms with Crippen LogP contribution in [0.15, 0.2) is 42.5 Å². The highest BCUT2D eigenvalue weighted by atomic mass is 32.1. The monoisotopic (exact) mass is 332 g/mol. The molecule has 2 aromatic carbocycles. The maximum atomic E-state index is 13.5. The van der Waals surface area contributed by atoms with E-state index in [0.29, 0.717) is 11.3 Å². The molecule has 1 amide bonds. The van der Waals surface area contributed by atoms with Crippen LogP contribution in [0.25, 0.3) is 0 Å². The first-order valence-electron chi connectivity index (χ1n) is 6.60. The van der Waals surface area contributed by atoms with Gasteiger partial charge in [-0.25, -0.2) is 9.18 Å². The number of nitrogens with one attached hydrogen (secondary N) is 2. The van der Waals surface area contributed by atoms with Crippen molar-refractivity contribution in [1.29, 1.82) is 0 Å². The lowest BCUT2D eigenvalue weighted by molar-refractivity contribution is 0.0696. The minimum Gasteiger partial charge on any atom is -0.478 e. The van der Waals surface area contributed by atoms with Crippen LogP contribution in [-0.2, 0) is 0 Å². The molecule has 0 bridgehead atoms. The normalized spacial score (nSPS) is 10.0. The molecule has 0 aromatic heterocycles. The standard InChI is InChI=1S/C16H13FN2O3S/c1-9-10(15(21)22)6-4-8-13(9)18-16(23)19-14(20)11-5-2-3-7-12(11)17/h2-8H,1H3,(H,21,22)(H2,18,19,20,23). The van der Waals surface area contributed by atoms with Gasteiger partial charge < -0.3 is 10.4 Å². The van der Waals surface area contributed by atoms with Gasteiger partial charge in [-0.1, -0.05) is 18.2 Å². The third-order valence-electron chi connectivity index (χ3n) is 3.16. The van der Waals surface area contributed by atoms with Crippen molar-refractivity contribution >= 4 is 34.9 Å². The van der Waals surface area contributed by atoms with E-state index in [0.717, 1.165) is 0 Å². The second kappa shape index (κ2) is 6.97. The second-order valence-electron chi connectivity index (χ2n) is 4.67. The Morgan fingerprint density at radius 1 is 1.09 bits per heavy atom. The summed E-state index contributed by atoms with van der Waals surface area (Å²) in [5.41, 5.74) is 0.914. The SMILES string of the molecule is Cc1c(NC(=S)NC(=O)c2ccccc2F)cccc1C(=O)O. The number of aromatic carboxylic acids is 1. The van der Waals surface area contributed by atoms with Gasteiger partial charge in [0.25, 0.3) is 5.91 Å². The van der Waals surface area contributed by atoms with Crippen LogP contribution in [-0.4, -0.2) is 22.1 Å². The predicted octanol–water partition coefficient (Wildman–Crippen LogP) is 2.96. The van der Waals surface area contributed by atoms with E-state index in [1.165, 1.54) is 30.3 Å². The summed E-state index contributed by atoms with van der Waals surface area (Å²) in [6, 6.07) is 10.2. The lowest BCUT2D eigenvalue weighted by atomic mass is 10.1. The summed E-state index contributed by atoms with van der Waals surface area (Å²) >= 11 is 5.01. The average molecular weight is 332 g/mol. The summed E-state index contributed by atoms with van der Waals surface area (Å²) in [5, 5.41) is 14.1. The maximum absolute atomic E-state index is 13.5. The number of halogens is 1. The van der Waals surface area contributed by atoms with Crippen molar-refractivity contribution in [3.63, 3.8) is 0 Å². The van der Waals surface area contributed by atoms with E-state index in [-0.39, 0.29) is 16.2 Å². The Balaban J connectivity index is 2.12. The molecule has 3 N–H and O–H groups in total. The van der Waals surface area contributed by atoms with Crippen LogP contribution in [0.4, 0.5) is 10.1 Å². The fraction of sp³-hybridized carbons (Fsp3) is 0.0625. The van der Waals surface area contributed by atoms with Crippen molar-refractivity contribution in [3.8, 4) is 0 Å². The molecule has 0 spiro atoms. The van der Waals surface area contributed by atoms with E-state index in [9.17, 15) is 14.0 Å². The van der Waals surface area contributed by atoms with E-state index >= 15 is 0 Å². The van der Waals surface area contributed by atoms with Gasteiger partial charge in [0.05, 0.1) is 11.1 Å². The number of carboxylic acids is 1. The first-order valence-corrected chi connectivity index (χ1v) is 7.00. The molecule has 0 unspecified atom stereocenters. The number of carbonyl (C=O) groups is 2. The highest BCUT2D eigenvalue weighted by molar-refractivity contribution is 7.80. The Morgan fingerprint density at radius 2 is 1.74 bits per heavy atom. The van der Waals surface area contributed by atoms with Crippen molar-refractivity contribution in [1.82, 2.24) is 5.32 Å². The third kappa shape index (κ3) is 3.89. The molecule has 0 atom stereocenters. The molecule has 0 aliphatic rings. The van der Waals surface area contributed by atoms with E-state index in [1.807, 2.05) is 0 Å². The molecular formula is C16H13FN2O3S. The van der Waals surface area contributed by atoms with Crippen molar-refractivity contribution in [2.45, 2.75) is 6.92 Å². The van der Waals surface area contributed by atoms with Crippen molar-refractivity contribution in [3.05, 3.63) is 65.0 Å². The van der Waals surface area contributed by atoms with E-state index in [1.54, 1.807) is 19.1 Å². The fourth-order valence-electron chi connectivity index (χ4n) is 1.97. The highest BCUT2D eigenvalue weighted by Gasteiger charge is 2.14. The number of carboxylic acid groups (broad SMARTS) is 1. The Labute approximate surface area is 137 Å². The second-order valence-corrected chi connectivity index (χ2v) is 5.08. The zero-order chi connectivity index (χ0) is 17.0. The van der Waals surface area contributed by atoms with Crippen molar-refractivity contribution < 1.29 is 19.1 Å². The molecule has 7 heteroatoms. The van der Waals surface area contributed by atoms with Crippen LogP contribution >= 0.6 is 12.2 Å². The number of carbonyl (C=O) groups excluding carboxylic acids is 1. The summed E-state index contributed by atoms with van der Waals surface area (Å²) in [6.45, 7) is 1.62. The predicted molar refractivity (Wildman–Crippen MR) is 88.2 cm³/mol. The number of hydrogen-bond donors (Lipinski definition) is 3. The summed E-state index contributed by atoms with van der Waals surface area (Å²) in [5.74, 6) is -2.41. The lowest BCUT2D eigenvalue weighted by Crippen LogP contribution is -2.34. The molecule has 0 aliphatic heterocycles. The highest BCUT2D eigenvalue weighted by Crippen LogP contribution is 2.19. The zero-order valence-electron chi connectivity index (χ0n) is 12.1. The van der Waals surface area contributed by atoms with Crippen LogP contribution < -0.4 is 10.6 Å². The Kier molecular flexibility index (Phi) is 5.02. The number of benzene rings is 2. The largest absolute Gasteiger partial charge is 0.478 e. The smallest absolute Gasteiger partial charge is 0.336 e. The molecule has 0 heterocycles. The number of hydrogen-bond acceptors (Lipinski definition) is 3. The van der Waals surface area contributed by atoms with Gasteiger partial charge in [-0.3, -0.25) is 10.1 Å². The van der Waals surface area contributed by atoms with Crippen LogP contribution in [0.1, 0.15) is 26.3 Å². The minimum absolute atomic E-state index is 0.0520. The van der Waals surface area contributed by atoms with Crippen molar-refractivity contribution in [2.75, 3.05) is 5.32 Å². The molecule has 0 radical (unpaired) electrons. The molecule has 118 valence electrons. The van der Waals surface area contributed by atoms with E-state index in [2.05, 4.69) is 10.6 Å². The third-order valence-corrected chi connectivity index (χ3v) is 3.36. The Bertz CT molecular complexity index is 793. The van der Waals surface area contributed by atoms with Gasteiger partial charge >= 0.3 is 5.97 Å². The summed E-state index contributed by atoms with van der Waals surface area (Å²) < 4.78 is 13.5. The lowest BCUT2D eigenvalue weighted by Gasteiger charge is -2.13.